The van der Waals surface area contributed by atoms with Crippen molar-refractivity contribution in [2.45, 2.75) is 18.6 Å². The topological polar surface area (TPSA) is 86.6 Å². The lowest BCUT2D eigenvalue weighted by molar-refractivity contribution is -0.137. The maximum Gasteiger partial charge on any atom is 0.333 e. The molecule has 1 aliphatic heterocycles. The molecule has 0 spiro atoms. The standard InChI is InChI=1S/C20H23ClN4O4S2/c1-3-29-18(27)12-17-24(16(26)13-31-17)9-11-30-20-23-22-19(25(20)8-10-28-2)14-4-6-15(21)7-5-14/h4-7,12H,3,8-11,13H2,1-2H3. The predicted molar refractivity (Wildman–Crippen MR) is 122 cm³/mol. The van der Waals surface area contributed by atoms with E-state index in [1.165, 1.54) is 29.6 Å². The maximum atomic E-state index is 12.2. The van der Waals surface area contributed by atoms with Gasteiger partial charge >= 0.3 is 5.97 Å². The van der Waals surface area contributed by atoms with Gasteiger partial charge in [0.05, 0.1) is 36.6 Å². The van der Waals surface area contributed by atoms with Crippen LogP contribution in [0.3, 0.4) is 0 Å². The number of rotatable bonds is 10. The molecule has 1 amide bonds. The van der Waals surface area contributed by atoms with Gasteiger partial charge in [0.15, 0.2) is 11.0 Å². The summed E-state index contributed by atoms with van der Waals surface area (Å²) in [6, 6.07) is 7.42. The molecule has 3 rings (SSSR count). The molecule has 0 atom stereocenters. The highest BCUT2D eigenvalue weighted by molar-refractivity contribution is 8.04. The molecule has 11 heteroatoms. The lowest BCUT2D eigenvalue weighted by Crippen LogP contribution is -2.27. The van der Waals surface area contributed by atoms with Gasteiger partial charge < -0.3 is 14.4 Å². The van der Waals surface area contributed by atoms with Gasteiger partial charge in [0.2, 0.25) is 5.91 Å². The van der Waals surface area contributed by atoms with Crippen LogP contribution in [0.1, 0.15) is 6.92 Å². The predicted octanol–water partition coefficient (Wildman–Crippen LogP) is 3.32. The number of hydrogen-bond donors (Lipinski definition) is 0. The van der Waals surface area contributed by atoms with E-state index in [4.69, 9.17) is 21.1 Å². The van der Waals surface area contributed by atoms with E-state index in [1.54, 1.807) is 18.9 Å². The zero-order chi connectivity index (χ0) is 22.2. The summed E-state index contributed by atoms with van der Waals surface area (Å²) in [6.45, 7) is 3.60. The highest BCUT2D eigenvalue weighted by Crippen LogP contribution is 2.30. The maximum absolute atomic E-state index is 12.2. The lowest BCUT2D eigenvalue weighted by atomic mass is 10.2. The number of halogens is 1. The first kappa shape index (κ1) is 23.6. The number of esters is 1. The summed E-state index contributed by atoms with van der Waals surface area (Å²) in [6.07, 6.45) is 1.38. The Labute approximate surface area is 194 Å². The number of aromatic nitrogens is 3. The summed E-state index contributed by atoms with van der Waals surface area (Å²) in [5, 5.41) is 10.7. The third kappa shape index (κ3) is 6.25. The second-order valence-electron chi connectivity index (χ2n) is 6.37. The van der Waals surface area contributed by atoms with Crippen LogP contribution in [0.2, 0.25) is 5.02 Å². The second kappa shape index (κ2) is 11.6. The Hall–Kier alpha value is -2.01. The van der Waals surface area contributed by atoms with Gasteiger partial charge in [-0.15, -0.1) is 10.2 Å². The summed E-state index contributed by atoms with van der Waals surface area (Å²) in [5.74, 6) is 1.18. The summed E-state index contributed by atoms with van der Waals surface area (Å²) in [7, 11) is 1.65. The smallest absolute Gasteiger partial charge is 0.333 e. The van der Waals surface area contributed by atoms with Crippen LogP contribution in [0, 0.1) is 0 Å². The Morgan fingerprint density at radius 2 is 2.06 bits per heavy atom. The van der Waals surface area contributed by atoms with Crippen LogP contribution in [0.25, 0.3) is 11.4 Å². The van der Waals surface area contributed by atoms with E-state index in [-0.39, 0.29) is 5.91 Å². The van der Waals surface area contributed by atoms with Crippen molar-refractivity contribution in [3.05, 3.63) is 40.4 Å². The molecule has 0 unspecified atom stereocenters. The van der Waals surface area contributed by atoms with Crippen LogP contribution in [-0.4, -0.2) is 69.9 Å². The number of hydrogen-bond acceptors (Lipinski definition) is 8. The molecular weight excluding hydrogens is 460 g/mol. The minimum atomic E-state index is -0.440. The van der Waals surface area contributed by atoms with Gasteiger partial charge in [-0.2, -0.15) is 0 Å². The number of amides is 1. The number of thioether (sulfide) groups is 2. The van der Waals surface area contributed by atoms with E-state index in [2.05, 4.69) is 10.2 Å². The van der Waals surface area contributed by atoms with Crippen LogP contribution in [0.4, 0.5) is 0 Å². The number of ether oxygens (including phenoxy) is 2. The van der Waals surface area contributed by atoms with Crippen LogP contribution in [0.15, 0.2) is 40.5 Å². The van der Waals surface area contributed by atoms with E-state index in [0.29, 0.717) is 47.9 Å². The van der Waals surface area contributed by atoms with Crippen molar-refractivity contribution in [3.63, 3.8) is 0 Å². The van der Waals surface area contributed by atoms with Gasteiger partial charge in [-0.05, 0) is 31.2 Å². The minimum Gasteiger partial charge on any atom is -0.463 e. The molecule has 2 heterocycles. The number of nitrogens with zero attached hydrogens (tertiary/aromatic N) is 4. The van der Waals surface area contributed by atoms with Crippen molar-refractivity contribution in [1.29, 1.82) is 0 Å². The molecule has 0 aliphatic carbocycles. The zero-order valence-corrected chi connectivity index (χ0v) is 19.6. The highest BCUT2D eigenvalue weighted by atomic mass is 35.5. The molecule has 2 aromatic rings. The molecule has 1 aromatic heterocycles. The average molecular weight is 483 g/mol. The molecule has 31 heavy (non-hydrogen) atoms. The Morgan fingerprint density at radius 3 is 2.77 bits per heavy atom. The van der Waals surface area contributed by atoms with E-state index in [0.717, 1.165) is 16.5 Å². The molecule has 166 valence electrons. The molecule has 0 bridgehead atoms. The summed E-state index contributed by atoms with van der Waals surface area (Å²) in [4.78, 5) is 25.6. The number of carbonyl (C=O) groups is 2. The van der Waals surface area contributed by atoms with E-state index in [9.17, 15) is 9.59 Å². The molecule has 8 nitrogen and oxygen atoms in total. The fourth-order valence-corrected chi connectivity index (χ4v) is 4.84. The molecule has 1 fully saturated rings. The first-order valence-corrected chi connectivity index (χ1v) is 12.0. The Kier molecular flexibility index (Phi) is 8.82. The Bertz CT molecular complexity index is 949. The molecule has 1 aromatic carbocycles. The largest absolute Gasteiger partial charge is 0.463 e. The molecule has 1 saturated heterocycles. The van der Waals surface area contributed by atoms with Crippen molar-refractivity contribution in [3.8, 4) is 11.4 Å². The van der Waals surface area contributed by atoms with Crippen LogP contribution >= 0.6 is 35.1 Å². The van der Waals surface area contributed by atoms with Crippen molar-refractivity contribution in [1.82, 2.24) is 19.7 Å². The second-order valence-corrected chi connectivity index (χ2v) is 8.87. The molecule has 1 aliphatic rings. The van der Waals surface area contributed by atoms with Gasteiger partial charge in [-0.3, -0.25) is 9.36 Å². The third-order valence-electron chi connectivity index (χ3n) is 4.32. The summed E-state index contributed by atoms with van der Waals surface area (Å²) < 4.78 is 12.2. The first-order chi connectivity index (χ1) is 15.0. The molecule has 0 radical (unpaired) electrons. The Morgan fingerprint density at radius 1 is 1.29 bits per heavy atom. The Balaban J connectivity index is 1.70. The lowest BCUT2D eigenvalue weighted by Gasteiger charge is -2.16. The van der Waals surface area contributed by atoms with Crippen LogP contribution in [-0.2, 0) is 25.6 Å². The fourth-order valence-electron chi connectivity index (χ4n) is 2.87. The van der Waals surface area contributed by atoms with Crippen LogP contribution in [0.5, 0.6) is 0 Å². The van der Waals surface area contributed by atoms with Crippen molar-refractivity contribution >= 4 is 47.0 Å². The molecule has 0 N–H and O–H groups in total. The van der Waals surface area contributed by atoms with E-state index in [1.807, 2.05) is 28.8 Å². The quantitative estimate of drug-likeness (QED) is 0.289. The third-order valence-corrected chi connectivity index (χ3v) is 6.55. The summed E-state index contributed by atoms with van der Waals surface area (Å²) >= 11 is 8.84. The minimum absolute atomic E-state index is 0.0242. The molecular formula is C20H23ClN4O4S2. The van der Waals surface area contributed by atoms with E-state index < -0.39 is 5.97 Å². The van der Waals surface area contributed by atoms with Crippen molar-refractivity contribution in [2.24, 2.45) is 0 Å². The van der Waals surface area contributed by atoms with Crippen molar-refractivity contribution in [2.75, 3.05) is 38.4 Å². The zero-order valence-electron chi connectivity index (χ0n) is 17.2. The molecule has 0 saturated carbocycles. The SMILES string of the molecule is CCOC(=O)C=C1SCC(=O)N1CCSc1nnc(-c2ccc(Cl)cc2)n1CCOC. The number of carbonyl (C=O) groups excluding carboxylic acids is 2. The summed E-state index contributed by atoms with van der Waals surface area (Å²) in [5.41, 5.74) is 0.908. The van der Waals surface area contributed by atoms with Gasteiger partial charge in [0, 0.05) is 30.0 Å². The number of benzene rings is 1. The van der Waals surface area contributed by atoms with Gasteiger partial charge in [0.25, 0.3) is 0 Å². The number of methoxy groups -OCH3 is 1. The normalized spacial score (nSPS) is 15.1. The van der Waals surface area contributed by atoms with Gasteiger partial charge in [0.1, 0.15) is 0 Å². The first-order valence-electron chi connectivity index (χ1n) is 9.66. The van der Waals surface area contributed by atoms with Gasteiger partial charge in [-0.1, -0.05) is 35.1 Å². The van der Waals surface area contributed by atoms with Crippen molar-refractivity contribution < 1.29 is 19.1 Å². The fraction of sp³-hybridized carbons (Fsp3) is 0.400. The van der Waals surface area contributed by atoms with E-state index >= 15 is 0 Å². The van der Waals surface area contributed by atoms with Gasteiger partial charge in [-0.25, -0.2) is 4.79 Å². The average Bonchev–Trinajstić information content (AvgIpc) is 3.31. The highest BCUT2D eigenvalue weighted by Gasteiger charge is 2.27. The monoisotopic (exact) mass is 482 g/mol. The van der Waals surface area contributed by atoms with Crippen LogP contribution < -0.4 is 0 Å².